The van der Waals surface area contributed by atoms with E-state index < -0.39 is 11.3 Å². The first-order valence-electron chi connectivity index (χ1n) is 4.56. The maximum absolute atomic E-state index is 10.9. The molecular weight excluding hydrogens is 184 g/mol. The SMILES string of the molecule is CCOC(=O)CNCC(C)(C)C(N)=O. The zero-order valence-electron chi connectivity index (χ0n) is 8.92. The predicted molar refractivity (Wildman–Crippen MR) is 52.5 cm³/mol. The maximum atomic E-state index is 10.9. The lowest BCUT2D eigenvalue weighted by atomic mass is 9.93. The van der Waals surface area contributed by atoms with Gasteiger partial charge < -0.3 is 15.8 Å². The minimum Gasteiger partial charge on any atom is -0.465 e. The molecule has 0 aliphatic heterocycles. The summed E-state index contributed by atoms with van der Waals surface area (Å²) in [6, 6.07) is 0. The smallest absolute Gasteiger partial charge is 0.319 e. The van der Waals surface area contributed by atoms with E-state index in [1.807, 2.05) is 0 Å². The highest BCUT2D eigenvalue weighted by Crippen LogP contribution is 2.11. The number of amides is 1. The Balaban J connectivity index is 3.74. The maximum Gasteiger partial charge on any atom is 0.319 e. The van der Waals surface area contributed by atoms with Crippen molar-refractivity contribution >= 4 is 11.9 Å². The van der Waals surface area contributed by atoms with E-state index in [4.69, 9.17) is 10.5 Å². The highest BCUT2D eigenvalue weighted by atomic mass is 16.5. The molecule has 0 aromatic rings. The molecule has 0 unspecified atom stereocenters. The Morgan fingerprint density at radius 3 is 2.43 bits per heavy atom. The van der Waals surface area contributed by atoms with Crippen LogP contribution >= 0.6 is 0 Å². The van der Waals surface area contributed by atoms with Crippen LogP contribution in [0, 0.1) is 5.41 Å². The van der Waals surface area contributed by atoms with Gasteiger partial charge in [-0.2, -0.15) is 0 Å². The molecule has 0 bridgehead atoms. The van der Waals surface area contributed by atoms with E-state index in [1.54, 1.807) is 20.8 Å². The second-order valence-electron chi connectivity index (χ2n) is 3.66. The van der Waals surface area contributed by atoms with Crippen molar-refractivity contribution in [3.8, 4) is 0 Å². The van der Waals surface area contributed by atoms with Crippen LogP contribution in [0.1, 0.15) is 20.8 Å². The van der Waals surface area contributed by atoms with Gasteiger partial charge in [-0.05, 0) is 20.8 Å². The Morgan fingerprint density at radius 1 is 1.43 bits per heavy atom. The fourth-order valence-corrected chi connectivity index (χ4v) is 0.776. The van der Waals surface area contributed by atoms with E-state index in [2.05, 4.69) is 5.32 Å². The van der Waals surface area contributed by atoms with Crippen molar-refractivity contribution in [3.63, 3.8) is 0 Å². The van der Waals surface area contributed by atoms with Crippen LogP contribution in [-0.2, 0) is 14.3 Å². The molecule has 0 radical (unpaired) electrons. The molecule has 82 valence electrons. The van der Waals surface area contributed by atoms with Crippen molar-refractivity contribution in [2.75, 3.05) is 19.7 Å². The Bertz CT molecular complexity index is 214. The van der Waals surface area contributed by atoms with Crippen LogP contribution in [-0.4, -0.2) is 31.6 Å². The summed E-state index contributed by atoms with van der Waals surface area (Å²) in [6.07, 6.45) is 0. The van der Waals surface area contributed by atoms with Crippen LogP contribution in [0.2, 0.25) is 0 Å². The van der Waals surface area contributed by atoms with E-state index in [9.17, 15) is 9.59 Å². The fourth-order valence-electron chi connectivity index (χ4n) is 0.776. The van der Waals surface area contributed by atoms with Crippen LogP contribution in [0.25, 0.3) is 0 Å². The van der Waals surface area contributed by atoms with E-state index in [1.165, 1.54) is 0 Å². The topological polar surface area (TPSA) is 81.4 Å². The molecule has 0 aromatic carbocycles. The number of rotatable bonds is 6. The lowest BCUT2D eigenvalue weighted by molar-refractivity contribution is -0.142. The number of carbonyl (C=O) groups is 2. The molecule has 5 heteroatoms. The minimum atomic E-state index is -0.646. The Hall–Kier alpha value is -1.10. The molecule has 0 aliphatic carbocycles. The Labute approximate surface area is 84.0 Å². The number of esters is 1. The van der Waals surface area contributed by atoms with Crippen LogP contribution in [0.5, 0.6) is 0 Å². The van der Waals surface area contributed by atoms with Crippen LogP contribution in [0.3, 0.4) is 0 Å². The van der Waals surface area contributed by atoms with Gasteiger partial charge in [0.1, 0.15) is 0 Å². The summed E-state index contributed by atoms with van der Waals surface area (Å²) < 4.78 is 4.70. The average molecular weight is 202 g/mol. The minimum absolute atomic E-state index is 0.102. The quantitative estimate of drug-likeness (QED) is 0.577. The molecule has 0 aliphatic rings. The number of hydrogen-bond acceptors (Lipinski definition) is 4. The van der Waals surface area contributed by atoms with Gasteiger partial charge in [0.15, 0.2) is 0 Å². The lowest BCUT2D eigenvalue weighted by Crippen LogP contribution is -2.42. The summed E-state index contributed by atoms with van der Waals surface area (Å²) in [4.78, 5) is 21.8. The molecule has 0 spiro atoms. The molecule has 0 atom stereocenters. The second-order valence-corrected chi connectivity index (χ2v) is 3.66. The third-order valence-corrected chi connectivity index (χ3v) is 1.81. The third-order valence-electron chi connectivity index (χ3n) is 1.81. The molecule has 0 heterocycles. The van der Waals surface area contributed by atoms with Gasteiger partial charge in [-0.1, -0.05) is 0 Å². The van der Waals surface area contributed by atoms with Crippen molar-refractivity contribution in [1.82, 2.24) is 5.32 Å². The van der Waals surface area contributed by atoms with Gasteiger partial charge in [-0.25, -0.2) is 0 Å². The zero-order chi connectivity index (χ0) is 11.2. The summed E-state index contributed by atoms with van der Waals surface area (Å²) >= 11 is 0. The van der Waals surface area contributed by atoms with E-state index in [0.29, 0.717) is 13.2 Å². The van der Waals surface area contributed by atoms with Gasteiger partial charge in [0.2, 0.25) is 5.91 Å². The molecule has 3 N–H and O–H groups in total. The van der Waals surface area contributed by atoms with Crippen molar-refractivity contribution in [2.45, 2.75) is 20.8 Å². The van der Waals surface area contributed by atoms with Crippen LogP contribution in [0.4, 0.5) is 0 Å². The van der Waals surface area contributed by atoms with Crippen molar-refractivity contribution in [1.29, 1.82) is 0 Å². The fraction of sp³-hybridized carbons (Fsp3) is 0.778. The normalized spacial score (nSPS) is 11.1. The number of primary amides is 1. The molecule has 0 rings (SSSR count). The number of nitrogens with two attached hydrogens (primary N) is 1. The molecule has 0 saturated heterocycles. The monoisotopic (exact) mass is 202 g/mol. The van der Waals surface area contributed by atoms with Gasteiger partial charge in [0.25, 0.3) is 0 Å². The highest BCUT2D eigenvalue weighted by Gasteiger charge is 2.24. The largest absolute Gasteiger partial charge is 0.465 e. The summed E-state index contributed by atoms with van der Waals surface area (Å²) in [5.41, 5.74) is 4.50. The van der Waals surface area contributed by atoms with Gasteiger partial charge in [0.05, 0.1) is 18.6 Å². The molecule has 0 aromatic heterocycles. The summed E-state index contributed by atoms with van der Waals surface area (Å²) in [5.74, 6) is -0.721. The molecule has 14 heavy (non-hydrogen) atoms. The predicted octanol–water partition coefficient (Wildman–Crippen LogP) is -0.349. The molecule has 0 saturated carbocycles. The van der Waals surface area contributed by atoms with Crippen LogP contribution < -0.4 is 11.1 Å². The first-order chi connectivity index (χ1) is 6.40. The molecule has 5 nitrogen and oxygen atoms in total. The lowest BCUT2D eigenvalue weighted by Gasteiger charge is -2.20. The van der Waals surface area contributed by atoms with Crippen molar-refractivity contribution in [2.24, 2.45) is 11.1 Å². The van der Waals surface area contributed by atoms with Gasteiger partial charge >= 0.3 is 5.97 Å². The standard InChI is InChI=1S/C9H18N2O3/c1-4-14-7(12)5-11-6-9(2,3)8(10)13/h11H,4-6H2,1-3H3,(H2,10,13). The highest BCUT2D eigenvalue weighted by molar-refractivity contribution is 5.80. The first-order valence-corrected chi connectivity index (χ1v) is 4.56. The number of ether oxygens (including phenoxy) is 1. The molecular formula is C9H18N2O3. The number of nitrogens with one attached hydrogen (secondary N) is 1. The van der Waals surface area contributed by atoms with Crippen molar-refractivity contribution < 1.29 is 14.3 Å². The van der Waals surface area contributed by atoms with Gasteiger partial charge in [-0.15, -0.1) is 0 Å². The zero-order valence-corrected chi connectivity index (χ0v) is 8.92. The number of hydrogen-bond donors (Lipinski definition) is 2. The van der Waals surface area contributed by atoms with Crippen molar-refractivity contribution in [3.05, 3.63) is 0 Å². The first kappa shape index (κ1) is 12.9. The van der Waals surface area contributed by atoms with E-state index in [-0.39, 0.29) is 12.5 Å². The Morgan fingerprint density at radius 2 is 2.00 bits per heavy atom. The van der Waals surface area contributed by atoms with E-state index >= 15 is 0 Å². The second kappa shape index (κ2) is 5.59. The van der Waals surface area contributed by atoms with Gasteiger partial charge in [-0.3, -0.25) is 9.59 Å². The summed E-state index contributed by atoms with van der Waals surface area (Å²) in [7, 11) is 0. The molecule has 1 amide bonds. The summed E-state index contributed by atoms with van der Waals surface area (Å²) in [6.45, 7) is 6.00. The Kier molecular flexibility index (Phi) is 5.15. The summed E-state index contributed by atoms with van der Waals surface area (Å²) in [5, 5.41) is 2.82. The van der Waals surface area contributed by atoms with E-state index in [0.717, 1.165) is 0 Å². The number of carbonyl (C=O) groups excluding carboxylic acids is 2. The van der Waals surface area contributed by atoms with Gasteiger partial charge in [0, 0.05) is 6.54 Å². The average Bonchev–Trinajstić information content (AvgIpc) is 2.04. The van der Waals surface area contributed by atoms with Crippen LogP contribution in [0.15, 0.2) is 0 Å². The third kappa shape index (κ3) is 4.81. The molecule has 0 fully saturated rings.